The van der Waals surface area contributed by atoms with E-state index in [9.17, 15) is 24.2 Å². The fraction of sp³-hybridized carbons (Fsp3) is 0.444. The van der Waals surface area contributed by atoms with Gasteiger partial charge >= 0.3 is 5.97 Å². The molecule has 3 aliphatic rings. The Bertz CT molecular complexity index is 1490. The standard InChI is InChI=1S/C27H27FN2O5/c1-3-27(34)18-9-21-24-16(11-30(21)25(32)17(18)12-35-26(27)33)22-14(5-4-8-31)6-7-15-13(2)19(28)10-20(29-24)23(15)22/h9-10,14,31,34H,3-8,11-12H2,1-2H3/t14-,27-/m0/s1. The molecule has 2 aromatic heterocycles. The Labute approximate surface area is 201 Å². The van der Waals surface area contributed by atoms with Gasteiger partial charge in [0.25, 0.3) is 5.56 Å². The number of halogens is 1. The van der Waals surface area contributed by atoms with E-state index in [1.165, 1.54) is 6.07 Å². The summed E-state index contributed by atoms with van der Waals surface area (Å²) in [5, 5.41) is 21.6. The van der Waals surface area contributed by atoms with Gasteiger partial charge in [-0.2, -0.15) is 0 Å². The second kappa shape index (κ2) is 7.70. The minimum atomic E-state index is -1.89. The van der Waals surface area contributed by atoms with Crippen LogP contribution in [0.3, 0.4) is 0 Å². The lowest BCUT2D eigenvalue weighted by molar-refractivity contribution is -0.172. The molecule has 3 aromatic rings. The fourth-order valence-corrected chi connectivity index (χ4v) is 6.28. The summed E-state index contributed by atoms with van der Waals surface area (Å²) in [6, 6.07) is 3.15. The van der Waals surface area contributed by atoms with Gasteiger partial charge in [0.1, 0.15) is 12.4 Å². The Morgan fingerprint density at radius 3 is 2.80 bits per heavy atom. The number of aryl methyl sites for hydroxylation is 1. The number of aliphatic hydroxyl groups excluding tert-OH is 1. The maximum Gasteiger partial charge on any atom is 0.343 e. The molecule has 0 spiro atoms. The topological polar surface area (TPSA) is 102 Å². The van der Waals surface area contributed by atoms with E-state index < -0.39 is 11.6 Å². The van der Waals surface area contributed by atoms with Crippen LogP contribution in [0.4, 0.5) is 4.39 Å². The highest BCUT2D eigenvalue weighted by atomic mass is 19.1. The number of pyridine rings is 2. The summed E-state index contributed by atoms with van der Waals surface area (Å²) in [6.07, 6.45) is 3.10. The van der Waals surface area contributed by atoms with Crippen molar-refractivity contribution in [1.82, 2.24) is 9.55 Å². The summed E-state index contributed by atoms with van der Waals surface area (Å²) < 4.78 is 21.7. The normalized spacial score (nSPS) is 22.1. The van der Waals surface area contributed by atoms with E-state index in [4.69, 9.17) is 9.72 Å². The summed E-state index contributed by atoms with van der Waals surface area (Å²) in [7, 11) is 0. The molecule has 2 N–H and O–H groups in total. The van der Waals surface area contributed by atoms with E-state index in [1.54, 1.807) is 24.5 Å². The van der Waals surface area contributed by atoms with Crippen molar-refractivity contribution >= 4 is 16.9 Å². The second-order valence-corrected chi connectivity index (χ2v) is 9.91. The first-order valence-electron chi connectivity index (χ1n) is 12.2. The third-order valence-electron chi connectivity index (χ3n) is 8.21. The number of hydrogen-bond acceptors (Lipinski definition) is 6. The number of benzene rings is 1. The quantitative estimate of drug-likeness (QED) is 0.437. The molecule has 182 valence electrons. The molecule has 0 bridgehead atoms. The first-order valence-corrected chi connectivity index (χ1v) is 12.2. The highest BCUT2D eigenvalue weighted by molar-refractivity contribution is 5.93. The van der Waals surface area contributed by atoms with Crippen LogP contribution in [0.1, 0.15) is 71.9 Å². The molecule has 1 aliphatic carbocycles. The lowest BCUT2D eigenvalue weighted by atomic mass is 9.76. The van der Waals surface area contributed by atoms with Gasteiger partial charge in [0.15, 0.2) is 5.60 Å². The van der Waals surface area contributed by atoms with Gasteiger partial charge in [0.05, 0.1) is 29.0 Å². The third-order valence-corrected chi connectivity index (χ3v) is 8.21. The molecule has 0 radical (unpaired) electrons. The number of hydrogen-bond donors (Lipinski definition) is 2. The van der Waals surface area contributed by atoms with E-state index in [2.05, 4.69) is 0 Å². The number of rotatable bonds is 4. The van der Waals surface area contributed by atoms with Gasteiger partial charge in [0, 0.05) is 29.2 Å². The van der Waals surface area contributed by atoms with E-state index in [-0.39, 0.29) is 48.1 Å². The highest BCUT2D eigenvalue weighted by Gasteiger charge is 2.45. The van der Waals surface area contributed by atoms with Crippen molar-refractivity contribution < 1.29 is 24.1 Å². The first kappa shape index (κ1) is 22.4. The lowest BCUT2D eigenvalue weighted by Crippen LogP contribution is -2.44. The first-order chi connectivity index (χ1) is 16.8. The van der Waals surface area contributed by atoms with Gasteiger partial charge in [-0.25, -0.2) is 14.2 Å². The molecular formula is C27H27FN2O5. The molecule has 4 heterocycles. The van der Waals surface area contributed by atoms with Crippen molar-refractivity contribution in [3.63, 3.8) is 0 Å². The number of nitrogens with zero attached hydrogens (tertiary/aromatic N) is 2. The summed E-state index contributed by atoms with van der Waals surface area (Å²) in [5.74, 6) is -0.901. The van der Waals surface area contributed by atoms with Crippen LogP contribution < -0.4 is 5.56 Å². The van der Waals surface area contributed by atoms with Crippen molar-refractivity contribution in [1.29, 1.82) is 0 Å². The number of fused-ring (bicyclic) bond motifs is 5. The summed E-state index contributed by atoms with van der Waals surface area (Å²) in [4.78, 5) is 30.9. The van der Waals surface area contributed by atoms with E-state index in [1.807, 2.05) is 0 Å². The van der Waals surface area contributed by atoms with Crippen molar-refractivity contribution in [3.05, 3.63) is 61.7 Å². The Morgan fingerprint density at radius 2 is 2.06 bits per heavy atom. The molecule has 0 amide bonds. The minimum absolute atomic E-state index is 0.0715. The number of carbonyl (C=O) groups is 1. The largest absolute Gasteiger partial charge is 0.458 e. The van der Waals surface area contributed by atoms with Crippen LogP contribution in [0.15, 0.2) is 16.9 Å². The maximum absolute atomic E-state index is 14.9. The predicted octanol–water partition coefficient (Wildman–Crippen LogP) is 3.33. The van der Waals surface area contributed by atoms with Crippen LogP contribution in [0.25, 0.3) is 22.3 Å². The number of aliphatic hydroxyl groups is 2. The molecule has 2 atom stereocenters. The molecule has 35 heavy (non-hydrogen) atoms. The zero-order valence-electron chi connectivity index (χ0n) is 19.8. The summed E-state index contributed by atoms with van der Waals surface area (Å²) in [5.41, 5.74) is 3.63. The lowest BCUT2D eigenvalue weighted by Gasteiger charge is -2.31. The summed E-state index contributed by atoms with van der Waals surface area (Å²) >= 11 is 0. The number of aromatic nitrogens is 2. The maximum atomic E-state index is 14.9. The van der Waals surface area contributed by atoms with Crippen LogP contribution in [0, 0.1) is 12.7 Å². The van der Waals surface area contributed by atoms with Crippen LogP contribution in [0.2, 0.25) is 0 Å². The van der Waals surface area contributed by atoms with Gasteiger partial charge < -0.3 is 19.5 Å². The molecule has 7 nitrogen and oxygen atoms in total. The number of cyclic esters (lactones) is 1. The second-order valence-electron chi connectivity index (χ2n) is 9.91. The molecule has 8 heteroatoms. The fourth-order valence-electron chi connectivity index (χ4n) is 6.28. The summed E-state index contributed by atoms with van der Waals surface area (Å²) in [6.45, 7) is 3.70. The minimum Gasteiger partial charge on any atom is -0.458 e. The Balaban J connectivity index is 1.66. The van der Waals surface area contributed by atoms with Crippen molar-refractivity contribution in [2.75, 3.05) is 6.61 Å². The zero-order valence-corrected chi connectivity index (χ0v) is 19.8. The van der Waals surface area contributed by atoms with Crippen molar-refractivity contribution in [3.8, 4) is 11.4 Å². The molecular weight excluding hydrogens is 451 g/mol. The molecule has 1 aromatic carbocycles. The monoisotopic (exact) mass is 478 g/mol. The highest BCUT2D eigenvalue weighted by Crippen LogP contribution is 2.47. The van der Waals surface area contributed by atoms with Crippen LogP contribution in [-0.2, 0) is 34.7 Å². The van der Waals surface area contributed by atoms with Gasteiger partial charge in [-0.1, -0.05) is 6.92 Å². The van der Waals surface area contributed by atoms with E-state index in [0.29, 0.717) is 35.4 Å². The Kier molecular flexibility index (Phi) is 4.92. The average Bonchev–Trinajstić information content (AvgIpc) is 3.22. The number of carbonyl (C=O) groups excluding carboxylic acids is 1. The molecule has 2 aliphatic heterocycles. The molecule has 0 saturated carbocycles. The van der Waals surface area contributed by atoms with E-state index >= 15 is 0 Å². The number of ether oxygens (including phenoxy) is 1. The Morgan fingerprint density at radius 1 is 1.26 bits per heavy atom. The smallest absolute Gasteiger partial charge is 0.343 e. The average molecular weight is 479 g/mol. The molecule has 0 saturated heterocycles. The molecule has 0 unspecified atom stereocenters. The third kappa shape index (κ3) is 2.93. The predicted molar refractivity (Wildman–Crippen MR) is 127 cm³/mol. The van der Waals surface area contributed by atoms with Gasteiger partial charge in [-0.3, -0.25) is 4.79 Å². The van der Waals surface area contributed by atoms with Crippen LogP contribution >= 0.6 is 0 Å². The SMILES string of the molecule is CC[C@@]1(O)C(=O)OCc2c1cc1n(c2=O)Cc2c-1nc1cc(F)c(C)c3c1c2[C@@H](CCCO)CC3. The van der Waals surface area contributed by atoms with Crippen molar-refractivity contribution in [2.24, 2.45) is 0 Å². The number of esters is 1. The van der Waals surface area contributed by atoms with Crippen LogP contribution in [0.5, 0.6) is 0 Å². The molecule has 6 rings (SSSR count). The van der Waals surface area contributed by atoms with Gasteiger partial charge in [0.2, 0.25) is 0 Å². The van der Waals surface area contributed by atoms with E-state index in [0.717, 1.165) is 41.3 Å². The van der Waals surface area contributed by atoms with Gasteiger partial charge in [-0.05, 0) is 67.7 Å². The van der Waals surface area contributed by atoms with Crippen LogP contribution in [-0.4, -0.2) is 32.3 Å². The van der Waals surface area contributed by atoms with Gasteiger partial charge in [-0.15, -0.1) is 0 Å². The van der Waals surface area contributed by atoms with Crippen molar-refractivity contribution in [2.45, 2.75) is 70.6 Å². The molecule has 0 fully saturated rings. The zero-order chi connectivity index (χ0) is 24.6. The Hall–Kier alpha value is -3.10.